The number of benzene rings is 1. The Balaban J connectivity index is 1.68. The Morgan fingerprint density at radius 3 is 2.77 bits per heavy atom. The Labute approximate surface area is 154 Å². The van der Waals surface area contributed by atoms with Gasteiger partial charge in [0, 0.05) is 29.8 Å². The number of thioether (sulfide) groups is 1. The number of fused-ring (bicyclic) bond motifs is 1. The molecule has 0 spiro atoms. The van der Waals surface area contributed by atoms with Crippen molar-refractivity contribution >= 4 is 49.7 Å². The van der Waals surface area contributed by atoms with E-state index >= 15 is 0 Å². The second-order valence-corrected chi connectivity index (χ2v) is 11.0. The Kier molecular flexibility index (Phi) is 5.42. The van der Waals surface area contributed by atoms with Crippen molar-refractivity contribution < 1.29 is 22.9 Å². The van der Waals surface area contributed by atoms with Gasteiger partial charge in [-0.05, 0) is 30.7 Å². The van der Waals surface area contributed by atoms with Gasteiger partial charge in [0.2, 0.25) is 20.2 Å². The number of hydrogen-bond donors (Lipinski definition) is 2. The minimum atomic E-state index is -2.64. The van der Waals surface area contributed by atoms with Crippen LogP contribution in [0.15, 0.2) is 29.4 Å². The van der Waals surface area contributed by atoms with E-state index < -0.39 is 27.1 Å². The summed E-state index contributed by atoms with van der Waals surface area (Å²) < 4.78 is 34.5. The van der Waals surface area contributed by atoms with Crippen molar-refractivity contribution in [1.82, 2.24) is 9.97 Å². The highest BCUT2D eigenvalue weighted by Gasteiger charge is 2.46. The van der Waals surface area contributed by atoms with Gasteiger partial charge in [-0.3, -0.25) is 10.1 Å². The summed E-state index contributed by atoms with van der Waals surface area (Å²) in [6, 6.07) is 2.74. The second kappa shape index (κ2) is 7.43. The van der Waals surface area contributed by atoms with Gasteiger partial charge in [-0.15, -0.1) is 11.8 Å². The summed E-state index contributed by atoms with van der Waals surface area (Å²) in [5, 5.41) is 12.6. The van der Waals surface area contributed by atoms with Gasteiger partial charge in [-0.2, -0.15) is 0 Å². The normalized spacial score (nSPS) is 15.0. The summed E-state index contributed by atoms with van der Waals surface area (Å²) in [6.45, 7) is 3.48. The zero-order valence-electron chi connectivity index (χ0n) is 14.1. The van der Waals surface area contributed by atoms with Gasteiger partial charge in [0.1, 0.15) is 11.6 Å². The maximum Gasteiger partial charge on any atom is 0.480 e. The van der Waals surface area contributed by atoms with Crippen LogP contribution >= 0.6 is 11.8 Å². The standard InChI is InChI=1S/C15H16BF2N3O3SSi/c1-26(2)14-9(16(23)24-26)8-10(17)13(12(14)18)25-7-4-11(22)21-15-19-5-3-6-20-15/h3,5-6,8,23H,4,7H2,1-2H3,(H,19,20,21,22). The summed E-state index contributed by atoms with van der Waals surface area (Å²) in [5.41, 5.74) is 0.153. The molecule has 6 nitrogen and oxygen atoms in total. The number of carbonyl (C=O) groups is 1. The van der Waals surface area contributed by atoms with E-state index in [0.29, 0.717) is 0 Å². The number of anilines is 1. The van der Waals surface area contributed by atoms with Gasteiger partial charge in [0.25, 0.3) is 0 Å². The number of rotatable bonds is 5. The van der Waals surface area contributed by atoms with Crippen LogP contribution in [-0.4, -0.2) is 42.1 Å². The third kappa shape index (κ3) is 3.80. The SMILES string of the molecule is C[Si]1(C)OB(O)c2cc(F)c(SCCC(=O)Nc3ncccn3)c(F)c21. The zero-order valence-corrected chi connectivity index (χ0v) is 15.9. The molecule has 1 aliphatic heterocycles. The molecule has 2 N–H and O–H groups in total. The van der Waals surface area contributed by atoms with Gasteiger partial charge >= 0.3 is 7.12 Å². The molecule has 1 aromatic heterocycles. The first kappa shape index (κ1) is 19.0. The minimum absolute atomic E-state index is 0.0405. The second-order valence-electron chi connectivity index (χ2n) is 6.17. The van der Waals surface area contributed by atoms with Crippen LogP contribution in [-0.2, 0) is 9.14 Å². The molecule has 2 aromatic rings. The van der Waals surface area contributed by atoms with Crippen molar-refractivity contribution in [3.63, 3.8) is 0 Å². The van der Waals surface area contributed by atoms with Crippen molar-refractivity contribution in [3.05, 3.63) is 36.2 Å². The molecule has 1 aromatic carbocycles. The molecule has 3 rings (SSSR count). The third-order valence-electron chi connectivity index (χ3n) is 3.87. The highest BCUT2D eigenvalue weighted by Crippen LogP contribution is 2.27. The molecule has 0 unspecified atom stereocenters. The van der Waals surface area contributed by atoms with Gasteiger partial charge in [-0.25, -0.2) is 18.7 Å². The molecule has 2 heterocycles. The molecule has 1 amide bonds. The predicted octanol–water partition coefficient (Wildman–Crippen LogP) is 1.01. The van der Waals surface area contributed by atoms with E-state index in [1.165, 1.54) is 12.4 Å². The molecule has 0 aliphatic carbocycles. The lowest BCUT2D eigenvalue weighted by Crippen LogP contribution is -2.46. The predicted molar refractivity (Wildman–Crippen MR) is 98.2 cm³/mol. The molecular weight excluding hydrogens is 379 g/mol. The highest BCUT2D eigenvalue weighted by molar-refractivity contribution is 7.99. The lowest BCUT2D eigenvalue weighted by molar-refractivity contribution is -0.115. The molecular formula is C15H16BF2N3O3SSi. The average Bonchev–Trinajstić information content (AvgIpc) is 2.80. The molecule has 0 bridgehead atoms. The fourth-order valence-electron chi connectivity index (χ4n) is 2.76. The van der Waals surface area contributed by atoms with Crippen LogP contribution in [0, 0.1) is 11.6 Å². The van der Waals surface area contributed by atoms with E-state index in [1.54, 1.807) is 19.2 Å². The Bertz CT molecular complexity index is 845. The van der Waals surface area contributed by atoms with Gasteiger partial charge in [-0.1, -0.05) is 0 Å². The smallest absolute Gasteiger partial charge is 0.446 e. The quantitative estimate of drug-likeness (QED) is 0.581. The Morgan fingerprint density at radius 1 is 1.38 bits per heavy atom. The van der Waals surface area contributed by atoms with Crippen LogP contribution in [0.5, 0.6) is 0 Å². The summed E-state index contributed by atoms with van der Waals surface area (Å²) >= 11 is 0.914. The molecule has 0 saturated carbocycles. The van der Waals surface area contributed by atoms with Crippen LogP contribution in [0.4, 0.5) is 14.7 Å². The van der Waals surface area contributed by atoms with E-state index in [9.17, 15) is 18.6 Å². The van der Waals surface area contributed by atoms with Crippen molar-refractivity contribution in [2.75, 3.05) is 11.1 Å². The first-order valence-electron chi connectivity index (χ1n) is 7.87. The Morgan fingerprint density at radius 2 is 2.08 bits per heavy atom. The number of nitrogens with one attached hydrogen (secondary N) is 1. The molecule has 136 valence electrons. The molecule has 26 heavy (non-hydrogen) atoms. The summed E-state index contributed by atoms with van der Waals surface area (Å²) in [7, 11) is -3.94. The first-order valence-corrected chi connectivity index (χ1v) is 11.8. The number of aromatic nitrogens is 2. The maximum atomic E-state index is 14.8. The van der Waals surface area contributed by atoms with E-state index in [1.807, 2.05) is 0 Å². The van der Waals surface area contributed by atoms with Crippen LogP contribution in [0.25, 0.3) is 0 Å². The zero-order chi connectivity index (χ0) is 18.9. The van der Waals surface area contributed by atoms with Crippen LogP contribution < -0.4 is 16.0 Å². The van der Waals surface area contributed by atoms with E-state index in [2.05, 4.69) is 15.3 Å². The number of halogens is 2. The first-order chi connectivity index (χ1) is 12.3. The van der Waals surface area contributed by atoms with Gasteiger partial charge < -0.3 is 9.37 Å². The summed E-state index contributed by atoms with van der Waals surface area (Å²) in [5.74, 6) is -1.47. The molecule has 1 aliphatic rings. The van der Waals surface area contributed by atoms with Gasteiger partial charge in [0.15, 0.2) is 0 Å². The third-order valence-corrected chi connectivity index (χ3v) is 7.47. The monoisotopic (exact) mass is 395 g/mol. The largest absolute Gasteiger partial charge is 0.480 e. The van der Waals surface area contributed by atoms with E-state index in [4.69, 9.17) is 4.34 Å². The maximum absolute atomic E-state index is 14.8. The van der Waals surface area contributed by atoms with Crippen molar-refractivity contribution in [2.24, 2.45) is 0 Å². The van der Waals surface area contributed by atoms with Crippen molar-refractivity contribution in [3.8, 4) is 0 Å². The minimum Gasteiger partial charge on any atom is -0.446 e. The van der Waals surface area contributed by atoms with Crippen LogP contribution in [0.1, 0.15) is 6.42 Å². The number of carbonyl (C=O) groups excluding carboxylic acids is 1. The average molecular weight is 395 g/mol. The lowest BCUT2D eigenvalue weighted by atomic mass is 9.80. The molecule has 11 heteroatoms. The summed E-state index contributed by atoms with van der Waals surface area (Å²) in [4.78, 5) is 19.5. The fraction of sp³-hybridized carbons (Fsp3) is 0.267. The topological polar surface area (TPSA) is 84.3 Å². The number of amides is 1. The van der Waals surface area contributed by atoms with Crippen molar-refractivity contribution in [1.29, 1.82) is 0 Å². The molecule has 0 radical (unpaired) electrons. The molecule has 0 saturated heterocycles. The van der Waals surface area contributed by atoms with E-state index in [-0.39, 0.29) is 39.6 Å². The number of hydrogen-bond acceptors (Lipinski definition) is 6. The molecule has 0 fully saturated rings. The van der Waals surface area contributed by atoms with Crippen molar-refractivity contribution in [2.45, 2.75) is 24.4 Å². The van der Waals surface area contributed by atoms with Crippen LogP contribution in [0.3, 0.4) is 0 Å². The Hall–Kier alpha value is -1.82. The molecule has 0 atom stereocenters. The highest BCUT2D eigenvalue weighted by atomic mass is 32.2. The lowest BCUT2D eigenvalue weighted by Gasteiger charge is -2.18. The fourth-order valence-corrected chi connectivity index (χ4v) is 6.11. The summed E-state index contributed by atoms with van der Waals surface area (Å²) in [6.07, 6.45) is 3.03. The van der Waals surface area contributed by atoms with Crippen LogP contribution in [0.2, 0.25) is 13.1 Å². The van der Waals surface area contributed by atoms with Gasteiger partial charge in [0.05, 0.1) is 4.90 Å². The van der Waals surface area contributed by atoms with E-state index in [0.717, 1.165) is 17.8 Å². The number of nitrogens with zero attached hydrogens (tertiary/aromatic N) is 2.